The number of hydrogen-bond acceptors (Lipinski definition) is 3. The normalized spacial score (nSPS) is 39.1. The van der Waals surface area contributed by atoms with Gasteiger partial charge in [-0.1, -0.05) is 11.6 Å². The van der Waals surface area contributed by atoms with Crippen LogP contribution in [0.3, 0.4) is 0 Å². The minimum atomic E-state index is -0.185. The van der Waals surface area contributed by atoms with Crippen LogP contribution in [-0.4, -0.2) is 22.3 Å². The highest BCUT2D eigenvalue weighted by Gasteiger charge is 2.44. The lowest BCUT2D eigenvalue weighted by Gasteiger charge is -2.27. The highest BCUT2D eigenvalue weighted by atomic mass is 79.9. The molecule has 2 aliphatic rings. The largest absolute Gasteiger partial charge is 0.264 e. The van der Waals surface area contributed by atoms with E-state index in [1.807, 2.05) is 0 Å². The summed E-state index contributed by atoms with van der Waals surface area (Å²) >= 11 is 11.1. The molecule has 0 saturated carbocycles. The molecule has 2 aliphatic heterocycles. The van der Waals surface area contributed by atoms with E-state index >= 15 is 0 Å². The molecule has 0 aliphatic carbocycles. The number of fused-ring (bicyclic) bond motifs is 1. The number of hydrogen-bond donors (Lipinski definition) is 0. The van der Waals surface area contributed by atoms with E-state index < -0.39 is 0 Å². The van der Waals surface area contributed by atoms with Crippen LogP contribution in [0, 0.1) is 0 Å². The molecule has 0 aromatic carbocycles. The summed E-state index contributed by atoms with van der Waals surface area (Å²) in [5.41, 5.74) is 0. The summed E-state index contributed by atoms with van der Waals surface area (Å²) in [6.07, 6.45) is 3.58. The van der Waals surface area contributed by atoms with Gasteiger partial charge in [-0.15, -0.1) is 11.8 Å². The molecule has 0 amide bonds. The molecule has 2 atom stereocenters. The zero-order valence-corrected chi connectivity index (χ0v) is 9.45. The van der Waals surface area contributed by atoms with Gasteiger partial charge in [-0.25, -0.2) is 4.99 Å². The molecule has 0 bridgehead atoms. The SMILES string of the molecule is C[C@]12SC(Br)=CC1N=CN=C2Cl. The summed E-state index contributed by atoms with van der Waals surface area (Å²) in [5.74, 6) is 0. The van der Waals surface area contributed by atoms with Gasteiger partial charge >= 0.3 is 0 Å². The first kappa shape index (κ1) is 8.78. The highest BCUT2D eigenvalue weighted by Crippen LogP contribution is 2.48. The van der Waals surface area contributed by atoms with E-state index in [1.165, 1.54) is 6.34 Å². The molecular formula is C7H6BrClN2S. The van der Waals surface area contributed by atoms with Crippen molar-refractivity contribution in [3.05, 3.63) is 9.89 Å². The third-order valence-corrected chi connectivity index (χ3v) is 4.51. The Labute approximate surface area is 88.3 Å². The minimum Gasteiger partial charge on any atom is -0.264 e. The molecule has 2 rings (SSSR count). The van der Waals surface area contributed by atoms with E-state index in [0.717, 1.165) is 3.81 Å². The van der Waals surface area contributed by atoms with Crippen molar-refractivity contribution >= 4 is 50.8 Å². The monoisotopic (exact) mass is 264 g/mol. The average Bonchev–Trinajstić information content (AvgIpc) is 2.27. The van der Waals surface area contributed by atoms with Crippen LogP contribution in [-0.2, 0) is 0 Å². The second-order valence-corrected chi connectivity index (χ2v) is 6.04. The maximum atomic E-state index is 6.01. The van der Waals surface area contributed by atoms with Gasteiger partial charge in [-0.05, 0) is 28.9 Å². The Kier molecular flexibility index (Phi) is 2.09. The van der Waals surface area contributed by atoms with Crippen LogP contribution in [0.25, 0.3) is 0 Å². The third kappa shape index (κ3) is 1.17. The van der Waals surface area contributed by atoms with Gasteiger partial charge < -0.3 is 0 Å². The van der Waals surface area contributed by atoms with Crippen molar-refractivity contribution in [3.8, 4) is 0 Å². The molecule has 5 heteroatoms. The smallest absolute Gasteiger partial charge is 0.126 e. The lowest BCUT2D eigenvalue weighted by Crippen LogP contribution is -2.38. The molecule has 0 aromatic rings. The number of halogens is 2. The van der Waals surface area contributed by atoms with Crippen LogP contribution in [0.4, 0.5) is 0 Å². The second kappa shape index (κ2) is 2.86. The highest BCUT2D eigenvalue weighted by molar-refractivity contribution is 9.14. The van der Waals surface area contributed by atoms with Crippen molar-refractivity contribution < 1.29 is 0 Å². The summed E-state index contributed by atoms with van der Waals surface area (Å²) in [6, 6.07) is 0.127. The van der Waals surface area contributed by atoms with Crippen LogP contribution in [0.1, 0.15) is 6.92 Å². The maximum Gasteiger partial charge on any atom is 0.126 e. The summed E-state index contributed by atoms with van der Waals surface area (Å²) in [6.45, 7) is 2.05. The fourth-order valence-electron chi connectivity index (χ4n) is 1.21. The van der Waals surface area contributed by atoms with E-state index in [9.17, 15) is 0 Å². The Hall–Kier alpha value is 0.200. The molecule has 0 saturated heterocycles. The van der Waals surface area contributed by atoms with E-state index in [0.29, 0.717) is 5.17 Å². The van der Waals surface area contributed by atoms with Crippen LogP contribution in [0.5, 0.6) is 0 Å². The van der Waals surface area contributed by atoms with Gasteiger partial charge in [0.1, 0.15) is 11.5 Å². The van der Waals surface area contributed by atoms with Gasteiger partial charge in [0.15, 0.2) is 0 Å². The molecule has 0 fully saturated rings. The molecule has 64 valence electrons. The quantitative estimate of drug-likeness (QED) is 0.661. The number of nitrogens with zero attached hydrogens (tertiary/aromatic N) is 2. The molecule has 12 heavy (non-hydrogen) atoms. The number of aliphatic imine (C=N–C) groups is 2. The maximum absolute atomic E-state index is 6.01. The van der Waals surface area contributed by atoms with Crippen LogP contribution in [0.2, 0.25) is 0 Å². The molecule has 1 unspecified atom stereocenters. The lowest BCUT2D eigenvalue weighted by molar-refractivity contribution is 0.728. The Morgan fingerprint density at radius 2 is 2.50 bits per heavy atom. The van der Waals surface area contributed by atoms with Crippen LogP contribution in [0.15, 0.2) is 19.9 Å². The van der Waals surface area contributed by atoms with E-state index in [-0.39, 0.29) is 10.8 Å². The Morgan fingerprint density at radius 3 is 3.17 bits per heavy atom. The fraction of sp³-hybridized carbons (Fsp3) is 0.429. The average molecular weight is 266 g/mol. The van der Waals surface area contributed by atoms with Gasteiger partial charge in [0.25, 0.3) is 0 Å². The summed E-state index contributed by atoms with van der Waals surface area (Å²) in [5, 5.41) is 0.623. The van der Waals surface area contributed by atoms with Crippen molar-refractivity contribution in [1.29, 1.82) is 0 Å². The molecule has 2 heterocycles. The first-order chi connectivity index (χ1) is 5.63. The molecule has 2 nitrogen and oxygen atoms in total. The molecule has 0 spiro atoms. The zero-order valence-electron chi connectivity index (χ0n) is 6.29. The van der Waals surface area contributed by atoms with Crippen molar-refractivity contribution in [3.63, 3.8) is 0 Å². The van der Waals surface area contributed by atoms with Crippen molar-refractivity contribution in [2.45, 2.75) is 17.7 Å². The Bertz CT molecular complexity index is 313. The van der Waals surface area contributed by atoms with Crippen LogP contribution < -0.4 is 0 Å². The number of rotatable bonds is 0. The van der Waals surface area contributed by atoms with Crippen LogP contribution >= 0.6 is 39.3 Å². The van der Waals surface area contributed by atoms with Gasteiger partial charge in [0, 0.05) is 3.81 Å². The molecule has 0 N–H and O–H groups in total. The van der Waals surface area contributed by atoms with Gasteiger partial charge in [0.2, 0.25) is 0 Å². The summed E-state index contributed by atoms with van der Waals surface area (Å²) in [7, 11) is 0. The fourth-order valence-corrected chi connectivity index (χ4v) is 3.73. The Balaban J connectivity index is 2.41. The van der Waals surface area contributed by atoms with Gasteiger partial charge in [0.05, 0.1) is 10.8 Å². The topological polar surface area (TPSA) is 24.7 Å². The van der Waals surface area contributed by atoms with E-state index in [2.05, 4.69) is 38.9 Å². The predicted molar refractivity (Wildman–Crippen MR) is 58.6 cm³/mol. The van der Waals surface area contributed by atoms with E-state index in [4.69, 9.17) is 11.6 Å². The number of thioether (sulfide) groups is 1. The minimum absolute atomic E-state index is 0.127. The standard InChI is InChI=1S/C7H6BrClN2S/c1-7-4(2-5(8)12-7)10-3-11-6(7)9/h2-4H,1H3/t4?,7-/m0/s1. The zero-order chi connectivity index (χ0) is 8.77. The Morgan fingerprint density at radius 1 is 1.75 bits per heavy atom. The first-order valence-corrected chi connectivity index (χ1v) is 5.43. The van der Waals surface area contributed by atoms with E-state index in [1.54, 1.807) is 11.8 Å². The molecular weight excluding hydrogens is 260 g/mol. The summed E-state index contributed by atoms with van der Waals surface area (Å²) < 4.78 is 0.900. The molecule has 0 radical (unpaired) electrons. The van der Waals surface area contributed by atoms with Gasteiger partial charge in [-0.2, -0.15) is 0 Å². The van der Waals surface area contributed by atoms with Crippen molar-refractivity contribution in [2.24, 2.45) is 9.98 Å². The van der Waals surface area contributed by atoms with Gasteiger partial charge in [-0.3, -0.25) is 4.99 Å². The van der Waals surface area contributed by atoms with Crippen molar-refractivity contribution in [1.82, 2.24) is 0 Å². The summed E-state index contributed by atoms with van der Waals surface area (Å²) in [4.78, 5) is 8.23. The third-order valence-electron chi connectivity index (χ3n) is 1.97. The van der Waals surface area contributed by atoms with Crippen molar-refractivity contribution in [2.75, 3.05) is 0 Å². The second-order valence-electron chi connectivity index (χ2n) is 2.81. The first-order valence-electron chi connectivity index (χ1n) is 3.45. The lowest BCUT2D eigenvalue weighted by atomic mass is 10.0. The molecule has 0 aromatic heterocycles. The predicted octanol–water partition coefficient (Wildman–Crippen LogP) is 2.78.